The fourth-order valence-electron chi connectivity index (χ4n) is 3.66. The molecule has 1 saturated heterocycles. The number of carbonyl (C=O) groups excluding carboxylic acids is 2. The van der Waals surface area contributed by atoms with Gasteiger partial charge < -0.3 is 19.9 Å². The van der Waals surface area contributed by atoms with Crippen molar-refractivity contribution in [2.75, 3.05) is 18.4 Å². The van der Waals surface area contributed by atoms with Gasteiger partial charge in [0.05, 0.1) is 5.69 Å². The number of benzene rings is 1. The summed E-state index contributed by atoms with van der Waals surface area (Å²) in [4.78, 5) is 30.4. The van der Waals surface area contributed by atoms with Gasteiger partial charge in [0, 0.05) is 45.4 Å². The maximum absolute atomic E-state index is 13.7. The van der Waals surface area contributed by atoms with Gasteiger partial charge in [0.25, 0.3) is 0 Å². The first-order chi connectivity index (χ1) is 13.8. The molecule has 2 heterocycles. The van der Waals surface area contributed by atoms with Gasteiger partial charge in [-0.2, -0.15) is 0 Å². The Labute approximate surface area is 169 Å². The quantitative estimate of drug-likeness (QED) is 0.777. The van der Waals surface area contributed by atoms with Crippen LogP contribution in [-0.2, 0) is 16.6 Å². The zero-order valence-corrected chi connectivity index (χ0v) is 16.8. The highest BCUT2D eigenvalue weighted by atomic mass is 19.1. The summed E-state index contributed by atoms with van der Waals surface area (Å²) < 4.78 is 15.5. The van der Waals surface area contributed by atoms with Crippen molar-refractivity contribution in [1.29, 1.82) is 0 Å². The molecule has 1 fully saturated rings. The van der Waals surface area contributed by atoms with E-state index in [4.69, 9.17) is 0 Å². The molecule has 2 amide bonds. The molecule has 0 radical (unpaired) electrons. The summed E-state index contributed by atoms with van der Waals surface area (Å²) in [7, 11) is 1.85. The smallest absolute Gasteiger partial charge is 0.224 e. The lowest BCUT2D eigenvalue weighted by Crippen LogP contribution is -2.40. The second-order valence-corrected chi connectivity index (χ2v) is 7.59. The molecule has 2 N–H and O–H groups in total. The second kappa shape index (κ2) is 9.17. The van der Waals surface area contributed by atoms with Crippen LogP contribution in [0, 0.1) is 18.7 Å². The van der Waals surface area contributed by atoms with E-state index < -0.39 is 11.9 Å². The number of amides is 2. The van der Waals surface area contributed by atoms with Crippen LogP contribution in [0.2, 0.25) is 0 Å². The van der Waals surface area contributed by atoms with Gasteiger partial charge in [-0.1, -0.05) is 6.07 Å². The van der Waals surface area contributed by atoms with Crippen LogP contribution in [-0.4, -0.2) is 44.5 Å². The number of aliphatic hydroxyl groups excluding tert-OH is 1. The number of likely N-dealkylation sites (tertiary alicyclic amines) is 1. The van der Waals surface area contributed by atoms with Crippen LogP contribution in [0.15, 0.2) is 30.6 Å². The number of piperidine rings is 1. The molecule has 3 rings (SSSR count). The van der Waals surface area contributed by atoms with E-state index in [1.165, 1.54) is 6.07 Å². The van der Waals surface area contributed by atoms with Crippen molar-refractivity contribution in [1.82, 2.24) is 14.5 Å². The van der Waals surface area contributed by atoms with E-state index in [0.717, 1.165) is 5.56 Å². The molecule has 0 bridgehead atoms. The predicted molar refractivity (Wildman–Crippen MR) is 106 cm³/mol. The third-order valence-electron chi connectivity index (χ3n) is 5.42. The molecule has 0 saturated carbocycles. The van der Waals surface area contributed by atoms with Crippen molar-refractivity contribution in [3.05, 3.63) is 47.8 Å². The zero-order valence-electron chi connectivity index (χ0n) is 16.8. The molecular formula is C21H27FN4O3. The van der Waals surface area contributed by atoms with Crippen LogP contribution in [0.3, 0.4) is 0 Å². The highest BCUT2D eigenvalue weighted by Crippen LogP contribution is 2.30. The number of halogens is 1. The number of aliphatic hydroxyl groups is 1. The minimum atomic E-state index is -0.651. The molecule has 1 atom stereocenters. The molecule has 1 aliphatic rings. The number of aryl methyl sites for hydroxylation is 2. The Kier molecular flexibility index (Phi) is 6.64. The Morgan fingerprint density at radius 2 is 2.03 bits per heavy atom. The molecular weight excluding hydrogens is 375 g/mol. The maximum Gasteiger partial charge on any atom is 0.224 e. The SMILES string of the molecule is Cc1ccc(F)c(NC(=O)CCC(=O)N2CCC(C(O)c3nccn3C)CC2)c1. The van der Waals surface area contributed by atoms with Gasteiger partial charge in [0.1, 0.15) is 17.7 Å². The van der Waals surface area contributed by atoms with Crippen molar-refractivity contribution in [3.8, 4) is 0 Å². The maximum atomic E-state index is 13.7. The molecule has 0 aliphatic carbocycles. The van der Waals surface area contributed by atoms with Crippen molar-refractivity contribution < 1.29 is 19.1 Å². The minimum Gasteiger partial charge on any atom is -0.385 e. The molecule has 1 unspecified atom stereocenters. The summed E-state index contributed by atoms with van der Waals surface area (Å²) in [5.74, 6) is -0.302. The third-order valence-corrected chi connectivity index (χ3v) is 5.42. The van der Waals surface area contributed by atoms with Gasteiger partial charge in [-0.25, -0.2) is 9.37 Å². The van der Waals surface area contributed by atoms with Crippen molar-refractivity contribution in [2.45, 2.75) is 38.7 Å². The Morgan fingerprint density at radius 3 is 2.69 bits per heavy atom. The van der Waals surface area contributed by atoms with Crippen LogP contribution in [0.4, 0.5) is 10.1 Å². The monoisotopic (exact) mass is 402 g/mol. The van der Waals surface area contributed by atoms with Crippen molar-refractivity contribution >= 4 is 17.5 Å². The first-order valence-electron chi connectivity index (χ1n) is 9.84. The largest absolute Gasteiger partial charge is 0.385 e. The van der Waals surface area contributed by atoms with Crippen LogP contribution >= 0.6 is 0 Å². The lowest BCUT2D eigenvalue weighted by atomic mass is 9.90. The third kappa shape index (κ3) is 5.20. The Morgan fingerprint density at radius 1 is 1.31 bits per heavy atom. The van der Waals surface area contributed by atoms with Crippen LogP contribution < -0.4 is 5.32 Å². The number of hydrogen-bond donors (Lipinski definition) is 2. The molecule has 7 nitrogen and oxygen atoms in total. The summed E-state index contributed by atoms with van der Waals surface area (Å²) in [6.07, 6.45) is 4.24. The number of nitrogens with zero attached hydrogens (tertiary/aromatic N) is 3. The molecule has 29 heavy (non-hydrogen) atoms. The summed E-state index contributed by atoms with van der Waals surface area (Å²) in [6, 6.07) is 4.50. The Hall–Kier alpha value is -2.74. The van der Waals surface area contributed by atoms with Crippen molar-refractivity contribution in [2.24, 2.45) is 13.0 Å². The second-order valence-electron chi connectivity index (χ2n) is 7.59. The molecule has 2 aromatic rings. The van der Waals surface area contributed by atoms with Crippen LogP contribution in [0.5, 0.6) is 0 Å². The fourth-order valence-corrected chi connectivity index (χ4v) is 3.66. The summed E-state index contributed by atoms with van der Waals surface area (Å²) in [5, 5.41) is 13.1. The van der Waals surface area contributed by atoms with E-state index in [2.05, 4.69) is 10.3 Å². The number of carbonyl (C=O) groups is 2. The van der Waals surface area contributed by atoms with E-state index in [9.17, 15) is 19.1 Å². The van der Waals surface area contributed by atoms with Gasteiger partial charge in [0.2, 0.25) is 11.8 Å². The number of imidazole rings is 1. The standard InChI is InChI=1S/C21H27FN4O3/c1-14-3-4-16(22)17(13-14)24-18(27)5-6-19(28)26-10-7-15(8-11-26)20(29)21-23-9-12-25(21)2/h3-4,9,12-13,15,20,29H,5-8,10-11H2,1-2H3,(H,24,27). The van der Waals surface area contributed by atoms with Gasteiger partial charge in [-0.15, -0.1) is 0 Å². The topological polar surface area (TPSA) is 87.5 Å². The minimum absolute atomic E-state index is 0.00202. The number of nitrogens with one attached hydrogen (secondary N) is 1. The van der Waals surface area contributed by atoms with E-state index in [1.807, 2.05) is 14.0 Å². The molecule has 0 spiro atoms. The Balaban J connectivity index is 1.44. The predicted octanol–water partition coefficient (Wildman–Crippen LogP) is 2.56. The van der Waals surface area contributed by atoms with E-state index in [-0.39, 0.29) is 36.3 Å². The lowest BCUT2D eigenvalue weighted by molar-refractivity contribution is -0.134. The highest BCUT2D eigenvalue weighted by molar-refractivity contribution is 5.93. The fraction of sp³-hybridized carbons (Fsp3) is 0.476. The normalized spacial score (nSPS) is 15.9. The first kappa shape index (κ1) is 21.0. The van der Waals surface area contributed by atoms with Crippen LogP contribution in [0.1, 0.15) is 43.2 Å². The summed E-state index contributed by atoms with van der Waals surface area (Å²) >= 11 is 0. The Bertz CT molecular complexity index is 875. The zero-order chi connectivity index (χ0) is 21.0. The lowest BCUT2D eigenvalue weighted by Gasteiger charge is -2.34. The van der Waals surface area contributed by atoms with Gasteiger partial charge in [0.15, 0.2) is 0 Å². The first-order valence-corrected chi connectivity index (χ1v) is 9.84. The molecule has 1 aromatic carbocycles. The highest BCUT2D eigenvalue weighted by Gasteiger charge is 2.30. The summed E-state index contributed by atoms with van der Waals surface area (Å²) in [5.41, 5.74) is 0.972. The number of hydrogen-bond acceptors (Lipinski definition) is 4. The summed E-state index contributed by atoms with van der Waals surface area (Å²) in [6.45, 7) is 2.89. The van der Waals surface area contributed by atoms with E-state index in [0.29, 0.717) is 31.8 Å². The number of aromatic nitrogens is 2. The number of rotatable bonds is 6. The average Bonchev–Trinajstić information content (AvgIpc) is 3.14. The molecule has 1 aliphatic heterocycles. The van der Waals surface area contributed by atoms with E-state index >= 15 is 0 Å². The van der Waals surface area contributed by atoms with Crippen molar-refractivity contribution in [3.63, 3.8) is 0 Å². The molecule has 8 heteroatoms. The van der Waals surface area contributed by atoms with Gasteiger partial charge in [-0.05, 0) is 43.4 Å². The average molecular weight is 402 g/mol. The van der Waals surface area contributed by atoms with Crippen LogP contribution in [0.25, 0.3) is 0 Å². The molecule has 1 aromatic heterocycles. The van der Waals surface area contributed by atoms with E-state index in [1.54, 1.807) is 34.0 Å². The number of anilines is 1. The molecule has 156 valence electrons. The van der Waals surface area contributed by atoms with Gasteiger partial charge >= 0.3 is 0 Å². The van der Waals surface area contributed by atoms with Gasteiger partial charge in [-0.3, -0.25) is 9.59 Å².